The molecule has 3 aromatic rings. The van der Waals surface area contributed by atoms with Crippen LogP contribution in [0.1, 0.15) is 48.0 Å². The van der Waals surface area contributed by atoms with Crippen molar-refractivity contribution in [2.75, 3.05) is 51.2 Å². The minimum absolute atomic E-state index is 0.00189. The standard InChI is InChI=1S/C30H34F3N7O3/c31-30(32,33)10-7-25(41)38-15-8-21(9-16-38)24-2-1-14-40-26(24)36-28(37-40)35-23-5-3-22(4-6-23)27(42)39-17-11-29(12-18-39)20-34-13-19-43-29/h1-6,8,14,34H,7,9-13,15-20H2,(H,35,37). The summed E-state index contributed by atoms with van der Waals surface area (Å²) in [6.07, 6.45) is -0.201. The maximum absolute atomic E-state index is 13.1. The van der Waals surface area contributed by atoms with Crippen LogP contribution in [0.4, 0.5) is 24.8 Å². The van der Waals surface area contributed by atoms with E-state index in [4.69, 9.17) is 4.74 Å². The maximum atomic E-state index is 13.1. The van der Waals surface area contributed by atoms with E-state index < -0.39 is 24.9 Å². The Balaban J connectivity index is 1.08. The molecule has 10 nitrogen and oxygen atoms in total. The number of pyridine rings is 1. The Morgan fingerprint density at radius 1 is 1.07 bits per heavy atom. The molecular weight excluding hydrogens is 563 g/mol. The number of likely N-dealkylation sites (tertiary alicyclic amines) is 1. The average Bonchev–Trinajstić information content (AvgIpc) is 3.43. The Hall–Kier alpha value is -3.97. The van der Waals surface area contributed by atoms with E-state index in [9.17, 15) is 22.8 Å². The van der Waals surface area contributed by atoms with Gasteiger partial charge in [0.1, 0.15) is 0 Å². The predicted octanol–water partition coefficient (Wildman–Crippen LogP) is 4.03. The number of alkyl halides is 3. The van der Waals surface area contributed by atoms with E-state index in [-0.39, 0.29) is 18.1 Å². The number of ether oxygens (including phenoxy) is 1. The largest absolute Gasteiger partial charge is 0.389 e. The molecule has 3 aliphatic rings. The molecule has 2 aromatic heterocycles. The average molecular weight is 598 g/mol. The van der Waals surface area contributed by atoms with E-state index in [1.54, 1.807) is 22.8 Å². The predicted molar refractivity (Wildman–Crippen MR) is 154 cm³/mol. The van der Waals surface area contributed by atoms with E-state index in [1.165, 1.54) is 4.90 Å². The fourth-order valence-electron chi connectivity index (χ4n) is 5.91. The van der Waals surface area contributed by atoms with Gasteiger partial charge in [-0.25, -0.2) is 4.52 Å². The van der Waals surface area contributed by atoms with Crippen molar-refractivity contribution < 1.29 is 27.5 Å². The second-order valence-electron chi connectivity index (χ2n) is 11.3. The number of rotatable bonds is 6. The van der Waals surface area contributed by atoms with Crippen LogP contribution in [-0.2, 0) is 9.53 Å². The normalized spacial score (nSPS) is 19.0. The SMILES string of the molecule is O=C(CCC(F)(F)F)N1CC=C(c2cccn3nc(Nc4ccc(C(=O)N5CCC6(CC5)CNCCO6)cc4)nc23)CC1. The summed E-state index contributed by atoms with van der Waals surface area (Å²) >= 11 is 0. The Kier molecular flexibility index (Phi) is 8.10. The van der Waals surface area contributed by atoms with Gasteiger partial charge in [-0.1, -0.05) is 6.08 Å². The molecule has 2 amide bonds. The highest BCUT2D eigenvalue weighted by atomic mass is 19.4. The van der Waals surface area contributed by atoms with Crippen LogP contribution in [0.25, 0.3) is 11.2 Å². The molecule has 0 unspecified atom stereocenters. The first kappa shape index (κ1) is 29.1. The van der Waals surface area contributed by atoms with Gasteiger partial charge in [0.2, 0.25) is 11.9 Å². The molecule has 0 bridgehead atoms. The van der Waals surface area contributed by atoms with E-state index in [1.807, 2.05) is 35.2 Å². The zero-order chi connectivity index (χ0) is 30.0. The maximum Gasteiger partial charge on any atom is 0.389 e. The smallest absolute Gasteiger partial charge is 0.372 e. The lowest BCUT2D eigenvalue weighted by Crippen LogP contribution is -2.56. The Labute approximate surface area is 246 Å². The van der Waals surface area contributed by atoms with Crippen LogP contribution in [0.2, 0.25) is 0 Å². The summed E-state index contributed by atoms with van der Waals surface area (Å²) in [6.45, 7) is 4.33. The Bertz CT molecular complexity index is 1500. The van der Waals surface area contributed by atoms with Crippen molar-refractivity contribution in [2.45, 2.75) is 43.9 Å². The molecule has 1 aromatic carbocycles. The molecule has 13 heteroatoms. The van der Waals surface area contributed by atoms with Crippen molar-refractivity contribution in [3.8, 4) is 0 Å². The minimum atomic E-state index is -4.35. The van der Waals surface area contributed by atoms with E-state index in [2.05, 4.69) is 20.7 Å². The highest BCUT2D eigenvalue weighted by Gasteiger charge is 2.38. The molecular formula is C30H34F3N7O3. The summed E-state index contributed by atoms with van der Waals surface area (Å²) in [5.41, 5.74) is 3.63. The summed E-state index contributed by atoms with van der Waals surface area (Å²) in [5, 5.41) is 11.1. The first-order chi connectivity index (χ1) is 20.7. The monoisotopic (exact) mass is 597 g/mol. The van der Waals surface area contributed by atoms with Crippen LogP contribution in [0, 0.1) is 0 Å². The van der Waals surface area contributed by atoms with Gasteiger partial charge in [-0.2, -0.15) is 18.2 Å². The summed E-state index contributed by atoms with van der Waals surface area (Å²) in [4.78, 5) is 33.3. The van der Waals surface area contributed by atoms with Crippen LogP contribution in [-0.4, -0.2) is 93.9 Å². The van der Waals surface area contributed by atoms with E-state index in [0.717, 1.165) is 42.8 Å². The summed E-state index contributed by atoms with van der Waals surface area (Å²) in [5.74, 6) is -0.111. The highest BCUT2D eigenvalue weighted by Crippen LogP contribution is 2.30. The van der Waals surface area contributed by atoms with Crippen molar-refractivity contribution >= 4 is 34.7 Å². The van der Waals surface area contributed by atoms with Gasteiger partial charge in [0.05, 0.1) is 18.6 Å². The fraction of sp³-hybridized carbons (Fsp3) is 0.467. The third-order valence-electron chi connectivity index (χ3n) is 8.38. The van der Waals surface area contributed by atoms with Crippen molar-refractivity contribution in [3.05, 3.63) is 59.8 Å². The lowest BCUT2D eigenvalue weighted by atomic mass is 9.89. The summed E-state index contributed by atoms with van der Waals surface area (Å²) < 4.78 is 45.2. The third-order valence-corrected chi connectivity index (χ3v) is 8.38. The van der Waals surface area contributed by atoms with Crippen LogP contribution < -0.4 is 10.6 Å². The zero-order valence-corrected chi connectivity index (χ0v) is 23.7. The number of fused-ring (bicyclic) bond motifs is 1. The van der Waals surface area contributed by atoms with Crippen molar-refractivity contribution in [1.29, 1.82) is 0 Å². The number of morpholine rings is 1. The highest BCUT2D eigenvalue weighted by molar-refractivity contribution is 5.94. The molecule has 3 aliphatic heterocycles. The van der Waals surface area contributed by atoms with Crippen LogP contribution in [0.5, 0.6) is 0 Å². The van der Waals surface area contributed by atoms with Crippen molar-refractivity contribution in [1.82, 2.24) is 29.7 Å². The molecule has 0 aliphatic carbocycles. The quantitative estimate of drug-likeness (QED) is 0.442. The second-order valence-corrected chi connectivity index (χ2v) is 11.3. The number of benzene rings is 1. The number of anilines is 2. The van der Waals surface area contributed by atoms with Crippen molar-refractivity contribution in [2.24, 2.45) is 0 Å². The molecule has 2 saturated heterocycles. The summed E-state index contributed by atoms with van der Waals surface area (Å²) in [7, 11) is 0. The van der Waals surface area contributed by atoms with Crippen LogP contribution in [0.15, 0.2) is 48.7 Å². The Morgan fingerprint density at radius 2 is 1.86 bits per heavy atom. The number of nitrogens with one attached hydrogen (secondary N) is 2. The molecule has 2 fully saturated rings. The first-order valence-electron chi connectivity index (χ1n) is 14.6. The number of hydrogen-bond acceptors (Lipinski definition) is 7. The number of carbonyl (C=O) groups excluding carboxylic acids is 2. The molecule has 0 saturated carbocycles. The second kappa shape index (κ2) is 12.0. The van der Waals surface area contributed by atoms with Gasteiger partial charge in [0.25, 0.3) is 5.91 Å². The Morgan fingerprint density at radius 3 is 2.53 bits per heavy atom. The number of hydrogen-bond donors (Lipinski definition) is 2. The minimum Gasteiger partial charge on any atom is -0.372 e. The van der Waals surface area contributed by atoms with Gasteiger partial charge >= 0.3 is 6.18 Å². The molecule has 228 valence electrons. The molecule has 0 atom stereocenters. The van der Waals surface area contributed by atoms with Gasteiger partial charge in [-0.05, 0) is 61.2 Å². The van der Waals surface area contributed by atoms with Crippen LogP contribution >= 0.6 is 0 Å². The number of piperidine rings is 1. The van der Waals surface area contributed by atoms with Crippen molar-refractivity contribution in [3.63, 3.8) is 0 Å². The molecule has 1 spiro atoms. The number of aromatic nitrogens is 3. The molecule has 2 N–H and O–H groups in total. The lowest BCUT2D eigenvalue weighted by Gasteiger charge is -2.44. The topological polar surface area (TPSA) is 104 Å². The summed E-state index contributed by atoms with van der Waals surface area (Å²) in [6, 6.07) is 11.0. The molecule has 6 rings (SSSR count). The van der Waals surface area contributed by atoms with Crippen LogP contribution in [0.3, 0.4) is 0 Å². The van der Waals surface area contributed by atoms with Gasteiger partial charge < -0.3 is 25.2 Å². The van der Waals surface area contributed by atoms with Gasteiger partial charge in [0, 0.05) is 68.7 Å². The zero-order valence-electron chi connectivity index (χ0n) is 23.7. The third kappa shape index (κ3) is 6.67. The molecule has 5 heterocycles. The van der Waals surface area contributed by atoms with Gasteiger partial charge in [-0.15, -0.1) is 5.10 Å². The van der Waals surface area contributed by atoms with Gasteiger partial charge in [0.15, 0.2) is 5.65 Å². The first-order valence-corrected chi connectivity index (χ1v) is 14.6. The number of halogens is 3. The number of nitrogens with zero attached hydrogens (tertiary/aromatic N) is 5. The lowest BCUT2D eigenvalue weighted by molar-refractivity contribution is -0.148. The molecule has 43 heavy (non-hydrogen) atoms. The fourth-order valence-corrected chi connectivity index (χ4v) is 5.91. The number of carbonyl (C=O) groups is 2. The number of amides is 2. The van der Waals surface area contributed by atoms with Gasteiger partial charge in [-0.3, -0.25) is 9.59 Å². The van der Waals surface area contributed by atoms with E-state index >= 15 is 0 Å². The molecule has 0 radical (unpaired) electrons. The van der Waals surface area contributed by atoms with E-state index in [0.29, 0.717) is 49.8 Å².